The molecule has 3 aromatic rings. The fraction of sp³-hybridized carbons (Fsp3) is 0.355. The molecule has 0 unspecified atom stereocenters. The highest BCUT2D eigenvalue weighted by molar-refractivity contribution is 7.91. The standard InChI is InChI=1S/C31H30F3NO6S/c1-18(2)40-28(36)30(29(37)41-19(3)4)24-15-14-20(31(32,33)34)16-25(24)35-26(22-12-8-9-13-23(22)27(30)35)17-42(38,39)21-10-6-5-7-11-21/h5-16,18-19,26-27H,17H2,1-4H3/t26-,27+/m0/s1. The number of carbonyl (C=O) groups excluding carboxylic acids is 2. The van der Waals surface area contributed by atoms with E-state index >= 15 is 0 Å². The number of anilines is 1. The van der Waals surface area contributed by atoms with Crippen LogP contribution in [-0.2, 0) is 40.5 Å². The first-order chi connectivity index (χ1) is 19.7. The number of nitrogens with zero attached hydrogens (tertiary/aromatic N) is 1. The summed E-state index contributed by atoms with van der Waals surface area (Å²) < 4.78 is 80.6. The number of hydrogen-bond donors (Lipinski definition) is 0. The first kappa shape index (κ1) is 29.6. The van der Waals surface area contributed by atoms with E-state index in [2.05, 4.69) is 0 Å². The molecule has 42 heavy (non-hydrogen) atoms. The molecule has 2 aliphatic rings. The van der Waals surface area contributed by atoms with Gasteiger partial charge in [-0.2, -0.15) is 13.2 Å². The van der Waals surface area contributed by atoms with Crippen molar-refractivity contribution >= 4 is 27.5 Å². The maximum absolute atomic E-state index is 14.1. The molecule has 0 aliphatic carbocycles. The summed E-state index contributed by atoms with van der Waals surface area (Å²) in [6, 6.07) is 14.9. The van der Waals surface area contributed by atoms with Crippen LogP contribution in [0.25, 0.3) is 0 Å². The number of alkyl halides is 3. The van der Waals surface area contributed by atoms with Crippen LogP contribution in [0.15, 0.2) is 77.7 Å². The molecule has 2 heterocycles. The number of fused-ring (bicyclic) bond motifs is 5. The number of esters is 2. The molecular weight excluding hydrogens is 571 g/mol. The second kappa shape index (κ2) is 10.4. The first-order valence-electron chi connectivity index (χ1n) is 13.5. The van der Waals surface area contributed by atoms with Crippen LogP contribution in [0.4, 0.5) is 18.9 Å². The number of halogens is 3. The lowest BCUT2D eigenvalue weighted by atomic mass is 9.73. The molecule has 0 saturated heterocycles. The Hall–Kier alpha value is -3.86. The van der Waals surface area contributed by atoms with Crippen LogP contribution >= 0.6 is 0 Å². The van der Waals surface area contributed by atoms with Crippen LogP contribution < -0.4 is 4.90 Å². The summed E-state index contributed by atoms with van der Waals surface area (Å²) in [6.07, 6.45) is -6.08. The lowest BCUT2D eigenvalue weighted by Crippen LogP contribution is -2.51. The molecule has 2 aliphatic heterocycles. The monoisotopic (exact) mass is 601 g/mol. The van der Waals surface area contributed by atoms with Crippen molar-refractivity contribution in [2.24, 2.45) is 0 Å². The predicted octanol–water partition coefficient (Wildman–Crippen LogP) is 5.94. The topological polar surface area (TPSA) is 90.0 Å². The van der Waals surface area contributed by atoms with Crippen molar-refractivity contribution in [1.29, 1.82) is 0 Å². The van der Waals surface area contributed by atoms with Crippen molar-refractivity contribution in [2.75, 3.05) is 10.7 Å². The Balaban J connectivity index is 1.81. The van der Waals surface area contributed by atoms with E-state index in [1.54, 1.807) is 70.2 Å². The molecule has 0 bridgehead atoms. The number of sulfone groups is 1. The lowest BCUT2D eigenvalue weighted by molar-refractivity contribution is -0.170. The highest BCUT2D eigenvalue weighted by Gasteiger charge is 2.68. The molecule has 0 spiro atoms. The zero-order chi connectivity index (χ0) is 30.6. The summed E-state index contributed by atoms with van der Waals surface area (Å²) in [5.41, 5.74) is -2.45. The minimum atomic E-state index is -4.75. The van der Waals surface area contributed by atoms with Gasteiger partial charge in [0.25, 0.3) is 0 Å². The van der Waals surface area contributed by atoms with Gasteiger partial charge in [-0.05, 0) is 63.1 Å². The Morgan fingerprint density at radius 2 is 1.40 bits per heavy atom. The van der Waals surface area contributed by atoms with Gasteiger partial charge in [-0.15, -0.1) is 0 Å². The van der Waals surface area contributed by atoms with Crippen molar-refractivity contribution in [2.45, 2.75) is 68.5 Å². The Labute approximate surface area is 242 Å². The fourth-order valence-electron chi connectivity index (χ4n) is 5.94. The average Bonchev–Trinajstić information content (AvgIpc) is 3.39. The largest absolute Gasteiger partial charge is 0.462 e. The Kier molecular flexibility index (Phi) is 7.37. The van der Waals surface area contributed by atoms with Gasteiger partial charge in [0.2, 0.25) is 5.41 Å². The van der Waals surface area contributed by atoms with Gasteiger partial charge in [0, 0.05) is 11.3 Å². The van der Waals surface area contributed by atoms with Gasteiger partial charge in [-0.3, -0.25) is 9.59 Å². The van der Waals surface area contributed by atoms with Crippen LogP contribution in [0.5, 0.6) is 0 Å². The zero-order valence-corrected chi connectivity index (χ0v) is 24.2. The van der Waals surface area contributed by atoms with Crippen molar-refractivity contribution in [3.63, 3.8) is 0 Å². The summed E-state index contributed by atoms with van der Waals surface area (Å²) in [5, 5.41) is 0. The molecule has 5 rings (SSSR count). The van der Waals surface area contributed by atoms with E-state index in [9.17, 15) is 31.2 Å². The highest BCUT2D eigenvalue weighted by Crippen LogP contribution is 2.62. The second-order valence-corrected chi connectivity index (χ2v) is 13.0. The van der Waals surface area contributed by atoms with Crippen LogP contribution in [-0.4, -0.2) is 38.3 Å². The predicted molar refractivity (Wildman–Crippen MR) is 148 cm³/mol. The summed E-state index contributed by atoms with van der Waals surface area (Å²) >= 11 is 0. The Bertz CT molecular complexity index is 1610. The molecule has 2 atom stereocenters. The highest BCUT2D eigenvalue weighted by atomic mass is 32.2. The molecule has 0 fully saturated rings. The third-order valence-corrected chi connectivity index (χ3v) is 9.26. The number of carbonyl (C=O) groups is 2. The molecule has 0 saturated carbocycles. The molecule has 0 aromatic heterocycles. The summed E-state index contributed by atoms with van der Waals surface area (Å²) in [5.74, 6) is -2.49. The van der Waals surface area contributed by atoms with Crippen molar-refractivity contribution in [3.05, 3.63) is 95.1 Å². The van der Waals surface area contributed by atoms with Crippen LogP contribution in [0.1, 0.15) is 62.0 Å². The van der Waals surface area contributed by atoms with Gasteiger partial charge in [0.05, 0.1) is 40.5 Å². The maximum atomic E-state index is 14.1. The quantitative estimate of drug-likeness (QED) is 0.245. The van der Waals surface area contributed by atoms with E-state index in [4.69, 9.17) is 9.47 Å². The van der Waals surface area contributed by atoms with Gasteiger partial charge in [-0.25, -0.2) is 8.42 Å². The molecular formula is C31H30F3NO6S. The van der Waals surface area contributed by atoms with Gasteiger partial charge in [-0.1, -0.05) is 48.5 Å². The Morgan fingerprint density at radius 3 is 1.95 bits per heavy atom. The first-order valence-corrected chi connectivity index (χ1v) is 15.1. The summed E-state index contributed by atoms with van der Waals surface area (Å²) in [6.45, 7) is 6.38. The molecule has 7 nitrogen and oxygen atoms in total. The lowest BCUT2D eigenvalue weighted by Gasteiger charge is -2.34. The second-order valence-electron chi connectivity index (χ2n) is 11.0. The molecule has 0 radical (unpaired) electrons. The third kappa shape index (κ3) is 4.73. The minimum absolute atomic E-state index is 0.0339. The number of ether oxygens (including phenoxy) is 2. The number of hydrogen-bond acceptors (Lipinski definition) is 7. The SMILES string of the molecule is CC(C)OC(=O)C1(C(=O)OC(C)C)c2ccc(C(F)(F)F)cc2N2[C@@H](CS(=O)(=O)c3ccccc3)c3ccccc3[C@@H]21. The van der Waals surface area contributed by atoms with E-state index in [0.717, 1.165) is 18.2 Å². The van der Waals surface area contributed by atoms with E-state index in [-0.39, 0.29) is 16.1 Å². The average molecular weight is 602 g/mol. The van der Waals surface area contributed by atoms with Gasteiger partial charge >= 0.3 is 18.1 Å². The molecule has 11 heteroatoms. The number of benzene rings is 3. The fourth-order valence-corrected chi connectivity index (χ4v) is 7.46. The van der Waals surface area contributed by atoms with Crippen LogP contribution in [0.2, 0.25) is 0 Å². The minimum Gasteiger partial charge on any atom is -0.462 e. The molecule has 3 aromatic carbocycles. The van der Waals surface area contributed by atoms with Crippen LogP contribution in [0, 0.1) is 0 Å². The van der Waals surface area contributed by atoms with Crippen molar-refractivity contribution in [1.82, 2.24) is 0 Å². The van der Waals surface area contributed by atoms with E-state index in [1.165, 1.54) is 17.0 Å². The number of rotatable bonds is 7. The summed E-state index contributed by atoms with van der Waals surface area (Å²) in [4.78, 5) is 29.7. The molecule has 222 valence electrons. The van der Waals surface area contributed by atoms with Crippen LogP contribution in [0.3, 0.4) is 0 Å². The molecule has 0 amide bonds. The van der Waals surface area contributed by atoms with Crippen molar-refractivity contribution < 1.29 is 40.7 Å². The van der Waals surface area contributed by atoms with Gasteiger partial charge in [0.15, 0.2) is 9.84 Å². The van der Waals surface area contributed by atoms with E-state index < -0.39 is 69.0 Å². The third-order valence-electron chi connectivity index (χ3n) is 7.51. The van der Waals surface area contributed by atoms with E-state index in [1.807, 2.05) is 0 Å². The molecule has 0 N–H and O–H groups in total. The van der Waals surface area contributed by atoms with Gasteiger partial charge in [0.1, 0.15) is 0 Å². The van der Waals surface area contributed by atoms with Crippen molar-refractivity contribution in [3.8, 4) is 0 Å². The Morgan fingerprint density at radius 1 is 0.857 bits per heavy atom. The van der Waals surface area contributed by atoms with E-state index in [0.29, 0.717) is 11.1 Å². The maximum Gasteiger partial charge on any atom is 0.416 e. The summed E-state index contributed by atoms with van der Waals surface area (Å²) in [7, 11) is -3.98. The zero-order valence-electron chi connectivity index (χ0n) is 23.4. The normalized spacial score (nSPS) is 18.9. The smallest absolute Gasteiger partial charge is 0.416 e. The van der Waals surface area contributed by atoms with Gasteiger partial charge < -0.3 is 14.4 Å².